The molecule has 1 N–H and O–H groups in total. The minimum Gasteiger partial charge on any atom is -0.380 e. The highest BCUT2D eigenvalue weighted by Gasteiger charge is 2.30. The Labute approximate surface area is 129 Å². The molecule has 21 heavy (non-hydrogen) atoms. The maximum atomic E-state index is 5.66. The Kier molecular flexibility index (Phi) is 6.43. The zero-order valence-electron chi connectivity index (χ0n) is 13.2. The van der Waals surface area contributed by atoms with E-state index in [4.69, 9.17) is 4.74 Å². The van der Waals surface area contributed by atoms with Gasteiger partial charge in [-0.1, -0.05) is 36.4 Å². The minimum atomic E-state index is 0.0267. The maximum absolute atomic E-state index is 5.66. The molecular weight excluding hydrogens is 260 g/mol. The molecular formula is C18H28N2O. The number of hydrogen-bond donors (Lipinski definition) is 1. The van der Waals surface area contributed by atoms with Gasteiger partial charge in [-0.2, -0.15) is 0 Å². The molecule has 1 unspecified atom stereocenters. The predicted molar refractivity (Wildman–Crippen MR) is 88.5 cm³/mol. The first kappa shape index (κ1) is 16.2. The molecule has 3 nitrogen and oxygen atoms in total. The Morgan fingerprint density at radius 1 is 1.33 bits per heavy atom. The summed E-state index contributed by atoms with van der Waals surface area (Å²) >= 11 is 0. The molecule has 0 saturated carbocycles. The van der Waals surface area contributed by atoms with Gasteiger partial charge in [-0.25, -0.2) is 0 Å². The Morgan fingerprint density at radius 2 is 2.14 bits per heavy atom. The van der Waals surface area contributed by atoms with Gasteiger partial charge in [0.2, 0.25) is 0 Å². The van der Waals surface area contributed by atoms with E-state index in [1.807, 2.05) is 6.08 Å². The molecule has 2 rings (SSSR count). The first-order valence-electron chi connectivity index (χ1n) is 7.96. The van der Waals surface area contributed by atoms with Crippen LogP contribution >= 0.6 is 0 Å². The van der Waals surface area contributed by atoms with Crippen molar-refractivity contribution in [2.24, 2.45) is 0 Å². The lowest BCUT2D eigenvalue weighted by molar-refractivity contribution is 0.0999. The molecule has 1 atom stereocenters. The lowest BCUT2D eigenvalue weighted by Gasteiger charge is -2.34. The summed E-state index contributed by atoms with van der Waals surface area (Å²) < 4.78 is 5.66. The fourth-order valence-corrected chi connectivity index (χ4v) is 2.90. The third-order valence-electron chi connectivity index (χ3n) is 4.14. The van der Waals surface area contributed by atoms with Gasteiger partial charge in [0.15, 0.2) is 0 Å². The fraction of sp³-hybridized carbons (Fsp3) is 0.556. The van der Waals surface area contributed by atoms with Crippen molar-refractivity contribution in [3.8, 4) is 0 Å². The molecule has 116 valence electrons. The average molecular weight is 288 g/mol. The molecule has 3 heteroatoms. The van der Waals surface area contributed by atoms with Crippen LogP contribution in [0.25, 0.3) is 0 Å². The molecule has 0 amide bonds. The van der Waals surface area contributed by atoms with Crippen molar-refractivity contribution in [2.45, 2.75) is 25.3 Å². The maximum Gasteiger partial charge on any atom is 0.0593 e. The lowest BCUT2D eigenvalue weighted by atomic mass is 9.91. The van der Waals surface area contributed by atoms with Crippen LogP contribution in [0, 0.1) is 0 Å². The molecule has 0 aromatic heterocycles. The number of nitrogens with one attached hydrogen (secondary N) is 1. The van der Waals surface area contributed by atoms with Gasteiger partial charge in [0.25, 0.3) is 0 Å². The molecule has 1 aliphatic rings. The smallest absolute Gasteiger partial charge is 0.0593 e. The van der Waals surface area contributed by atoms with Crippen LogP contribution in [0.2, 0.25) is 0 Å². The summed E-state index contributed by atoms with van der Waals surface area (Å²) in [5.41, 5.74) is 1.39. The van der Waals surface area contributed by atoms with E-state index in [1.54, 1.807) is 0 Å². The second kappa shape index (κ2) is 8.32. The van der Waals surface area contributed by atoms with Gasteiger partial charge in [-0.15, -0.1) is 6.58 Å². The number of rotatable bonds is 7. The van der Waals surface area contributed by atoms with Crippen LogP contribution in [0.4, 0.5) is 0 Å². The third kappa shape index (κ3) is 4.95. The van der Waals surface area contributed by atoms with E-state index in [0.29, 0.717) is 0 Å². The van der Waals surface area contributed by atoms with Crippen LogP contribution in [0.5, 0.6) is 0 Å². The van der Waals surface area contributed by atoms with Crippen molar-refractivity contribution in [3.63, 3.8) is 0 Å². The van der Waals surface area contributed by atoms with E-state index >= 15 is 0 Å². The van der Waals surface area contributed by atoms with Crippen LogP contribution < -0.4 is 5.32 Å². The van der Waals surface area contributed by atoms with Crippen molar-refractivity contribution in [3.05, 3.63) is 48.6 Å². The first-order valence-corrected chi connectivity index (χ1v) is 7.96. The molecule has 0 spiro atoms. The van der Waals surface area contributed by atoms with E-state index in [0.717, 1.165) is 45.8 Å². The summed E-state index contributed by atoms with van der Waals surface area (Å²) in [5, 5.41) is 3.72. The second-order valence-corrected chi connectivity index (χ2v) is 5.94. The molecule has 1 aromatic rings. The number of hydrogen-bond acceptors (Lipinski definition) is 3. The molecule has 1 fully saturated rings. The largest absolute Gasteiger partial charge is 0.380 e. The normalized spacial score (nSPS) is 23.7. The average Bonchev–Trinajstić information content (AvgIpc) is 2.71. The highest BCUT2D eigenvalue weighted by Crippen LogP contribution is 2.23. The summed E-state index contributed by atoms with van der Waals surface area (Å²) in [7, 11) is 0. The lowest BCUT2D eigenvalue weighted by Crippen LogP contribution is -2.47. The molecule has 1 aliphatic heterocycles. The van der Waals surface area contributed by atoms with Gasteiger partial charge in [0.05, 0.1) is 18.8 Å². The van der Waals surface area contributed by atoms with Gasteiger partial charge < -0.3 is 10.1 Å². The molecule has 1 heterocycles. The van der Waals surface area contributed by atoms with Crippen molar-refractivity contribution < 1.29 is 4.74 Å². The molecule has 0 radical (unpaired) electrons. The molecule has 0 aliphatic carbocycles. The van der Waals surface area contributed by atoms with Gasteiger partial charge >= 0.3 is 0 Å². The summed E-state index contributed by atoms with van der Waals surface area (Å²) in [6.07, 6.45) is 4.03. The minimum absolute atomic E-state index is 0.0267. The van der Waals surface area contributed by atoms with Crippen molar-refractivity contribution in [1.29, 1.82) is 0 Å². The summed E-state index contributed by atoms with van der Waals surface area (Å²) in [6.45, 7) is 11.8. The van der Waals surface area contributed by atoms with Gasteiger partial charge in [0, 0.05) is 13.1 Å². The Bertz CT molecular complexity index is 420. The van der Waals surface area contributed by atoms with Gasteiger partial charge in [-0.3, -0.25) is 4.90 Å². The Morgan fingerprint density at radius 3 is 2.90 bits per heavy atom. The van der Waals surface area contributed by atoms with Crippen molar-refractivity contribution in [1.82, 2.24) is 10.2 Å². The standard InChI is InChI=1S/C18H28N2O/c1-3-4-14-21-15-13-20-12-8-11-19-18(2,16-20)17-9-6-5-7-10-17/h3,5-7,9-10,19H,1,4,8,11-16H2,2H3. The Balaban J connectivity index is 1.90. The van der Waals surface area contributed by atoms with E-state index in [2.05, 4.69) is 54.1 Å². The number of benzene rings is 1. The summed E-state index contributed by atoms with van der Waals surface area (Å²) in [6, 6.07) is 10.8. The van der Waals surface area contributed by atoms with Gasteiger partial charge in [-0.05, 0) is 38.4 Å². The summed E-state index contributed by atoms with van der Waals surface area (Å²) in [5.74, 6) is 0. The quantitative estimate of drug-likeness (QED) is 0.617. The van der Waals surface area contributed by atoms with Crippen LogP contribution in [-0.2, 0) is 10.3 Å². The first-order chi connectivity index (χ1) is 10.2. The van der Waals surface area contributed by atoms with E-state index in [-0.39, 0.29) is 5.54 Å². The molecule has 1 aromatic carbocycles. The zero-order valence-corrected chi connectivity index (χ0v) is 13.2. The van der Waals surface area contributed by atoms with Crippen LogP contribution in [-0.4, -0.2) is 44.3 Å². The topological polar surface area (TPSA) is 24.5 Å². The van der Waals surface area contributed by atoms with Crippen LogP contribution in [0.1, 0.15) is 25.3 Å². The predicted octanol–water partition coefficient (Wildman–Crippen LogP) is 2.79. The van der Waals surface area contributed by atoms with Gasteiger partial charge in [0.1, 0.15) is 0 Å². The van der Waals surface area contributed by atoms with E-state index in [1.165, 1.54) is 12.0 Å². The number of nitrogens with zero attached hydrogens (tertiary/aromatic N) is 1. The zero-order chi connectivity index (χ0) is 15.0. The summed E-state index contributed by atoms with van der Waals surface area (Å²) in [4.78, 5) is 2.51. The molecule has 1 saturated heterocycles. The SMILES string of the molecule is C=CCCOCCN1CCCNC(C)(c2ccccc2)C1. The highest BCUT2D eigenvalue weighted by atomic mass is 16.5. The Hall–Kier alpha value is -1.16. The van der Waals surface area contributed by atoms with Crippen LogP contribution in [0.15, 0.2) is 43.0 Å². The van der Waals surface area contributed by atoms with Crippen molar-refractivity contribution >= 4 is 0 Å². The number of ether oxygens (including phenoxy) is 1. The fourth-order valence-electron chi connectivity index (χ4n) is 2.90. The molecule has 0 bridgehead atoms. The van der Waals surface area contributed by atoms with E-state index in [9.17, 15) is 0 Å². The van der Waals surface area contributed by atoms with Crippen LogP contribution in [0.3, 0.4) is 0 Å². The second-order valence-electron chi connectivity index (χ2n) is 5.94. The van der Waals surface area contributed by atoms with Crippen molar-refractivity contribution in [2.75, 3.05) is 39.4 Å². The van der Waals surface area contributed by atoms with E-state index < -0.39 is 0 Å². The monoisotopic (exact) mass is 288 g/mol. The third-order valence-corrected chi connectivity index (χ3v) is 4.14. The highest BCUT2D eigenvalue weighted by molar-refractivity contribution is 5.24.